The van der Waals surface area contributed by atoms with Crippen molar-refractivity contribution in [1.82, 2.24) is 10.2 Å². The van der Waals surface area contributed by atoms with Crippen molar-refractivity contribution in [3.8, 4) is 12.3 Å². The fourth-order valence-corrected chi connectivity index (χ4v) is 4.26. The van der Waals surface area contributed by atoms with E-state index in [9.17, 15) is 4.79 Å². The molecule has 2 atom stereocenters. The van der Waals surface area contributed by atoms with Crippen molar-refractivity contribution < 1.29 is 4.79 Å². The van der Waals surface area contributed by atoms with Gasteiger partial charge >= 0.3 is 0 Å². The van der Waals surface area contributed by atoms with Crippen LogP contribution in [-0.2, 0) is 4.79 Å². The Labute approximate surface area is 161 Å². The van der Waals surface area contributed by atoms with Crippen molar-refractivity contribution in [1.29, 1.82) is 0 Å². The molecule has 2 saturated heterocycles. The number of amides is 1. The van der Waals surface area contributed by atoms with Crippen molar-refractivity contribution in [2.75, 3.05) is 37.6 Å². The van der Waals surface area contributed by atoms with Gasteiger partial charge in [-0.1, -0.05) is 30.0 Å². The van der Waals surface area contributed by atoms with Crippen LogP contribution in [0.1, 0.15) is 31.2 Å². The Hall–Kier alpha value is -1.70. The van der Waals surface area contributed by atoms with Gasteiger partial charge in [0.1, 0.15) is 0 Å². The maximum Gasteiger partial charge on any atom is 0.237 e. The lowest BCUT2D eigenvalue weighted by Crippen LogP contribution is -2.50. The Morgan fingerprint density at radius 2 is 2.19 bits per heavy atom. The zero-order chi connectivity index (χ0) is 18.5. The SMILES string of the molecule is C#CCN1CCCCC1C(=O)NCC1CCN(c2cc(Cl)ccc2C)C1. The number of likely N-dealkylation sites (tertiary alicyclic amines) is 1. The minimum Gasteiger partial charge on any atom is -0.371 e. The van der Waals surface area contributed by atoms with Crippen LogP contribution < -0.4 is 10.2 Å². The summed E-state index contributed by atoms with van der Waals surface area (Å²) in [6, 6.07) is 5.97. The molecule has 0 saturated carbocycles. The first-order chi connectivity index (χ1) is 12.6. The molecule has 0 aromatic heterocycles. The molecule has 4 nitrogen and oxygen atoms in total. The molecule has 1 aromatic rings. The number of hydrogen-bond acceptors (Lipinski definition) is 3. The summed E-state index contributed by atoms with van der Waals surface area (Å²) in [4.78, 5) is 17.2. The second kappa shape index (κ2) is 8.79. The van der Waals surface area contributed by atoms with Gasteiger partial charge in [0.2, 0.25) is 5.91 Å². The van der Waals surface area contributed by atoms with Crippen LogP contribution in [0, 0.1) is 25.2 Å². The molecule has 2 aliphatic rings. The molecule has 0 aliphatic carbocycles. The molecule has 1 amide bonds. The van der Waals surface area contributed by atoms with Gasteiger partial charge in [-0.3, -0.25) is 9.69 Å². The van der Waals surface area contributed by atoms with Gasteiger partial charge in [0.05, 0.1) is 12.6 Å². The quantitative estimate of drug-likeness (QED) is 0.806. The zero-order valence-electron chi connectivity index (χ0n) is 15.5. The fourth-order valence-electron chi connectivity index (χ4n) is 4.10. The van der Waals surface area contributed by atoms with Gasteiger partial charge in [0.15, 0.2) is 0 Å². The van der Waals surface area contributed by atoms with Crippen LogP contribution in [0.3, 0.4) is 0 Å². The summed E-state index contributed by atoms with van der Waals surface area (Å²) in [6.07, 6.45) is 9.68. The summed E-state index contributed by atoms with van der Waals surface area (Å²) in [5.74, 6) is 3.29. The Morgan fingerprint density at radius 3 is 3.00 bits per heavy atom. The third kappa shape index (κ3) is 4.52. The molecule has 2 aliphatic heterocycles. The molecule has 0 radical (unpaired) electrons. The van der Waals surface area contributed by atoms with Crippen molar-refractivity contribution >= 4 is 23.2 Å². The van der Waals surface area contributed by atoms with Gasteiger partial charge in [-0.05, 0) is 56.3 Å². The molecule has 26 heavy (non-hydrogen) atoms. The van der Waals surface area contributed by atoms with Gasteiger partial charge in [-0.25, -0.2) is 0 Å². The standard InChI is InChI=1S/C21H28ClN3O/c1-3-10-24-11-5-4-6-19(24)21(26)23-14-17-9-12-25(15-17)20-13-18(22)8-7-16(20)2/h1,7-8,13,17,19H,4-6,9-12,14-15H2,2H3,(H,23,26). The van der Waals surface area contributed by atoms with E-state index in [4.69, 9.17) is 18.0 Å². The first-order valence-electron chi connectivity index (χ1n) is 9.55. The van der Waals surface area contributed by atoms with Crippen LogP contribution in [0.25, 0.3) is 0 Å². The van der Waals surface area contributed by atoms with Crippen LogP contribution in [0.2, 0.25) is 5.02 Å². The van der Waals surface area contributed by atoms with Crippen molar-refractivity contribution in [2.45, 2.75) is 38.6 Å². The molecule has 0 bridgehead atoms. The number of rotatable bonds is 5. The van der Waals surface area contributed by atoms with E-state index in [1.165, 1.54) is 11.3 Å². The van der Waals surface area contributed by atoms with Crippen LogP contribution in [0.4, 0.5) is 5.69 Å². The highest BCUT2D eigenvalue weighted by molar-refractivity contribution is 6.30. The molecule has 2 unspecified atom stereocenters. The number of carbonyl (C=O) groups is 1. The molecule has 2 fully saturated rings. The molecular weight excluding hydrogens is 346 g/mol. The first-order valence-corrected chi connectivity index (χ1v) is 9.92. The lowest BCUT2D eigenvalue weighted by Gasteiger charge is -2.33. The minimum atomic E-state index is -0.0625. The maximum atomic E-state index is 12.6. The molecular formula is C21H28ClN3O. The maximum absolute atomic E-state index is 12.6. The van der Waals surface area contributed by atoms with Crippen LogP contribution in [0.5, 0.6) is 0 Å². The number of benzene rings is 1. The monoisotopic (exact) mass is 373 g/mol. The molecule has 1 aromatic carbocycles. The normalized spacial score (nSPS) is 23.7. The Kier molecular flexibility index (Phi) is 6.45. The molecule has 1 N–H and O–H groups in total. The highest BCUT2D eigenvalue weighted by Gasteiger charge is 2.29. The number of aryl methyl sites for hydroxylation is 1. The van der Waals surface area contributed by atoms with E-state index in [1.54, 1.807) is 0 Å². The Bertz CT molecular complexity index is 684. The number of halogens is 1. The number of hydrogen-bond donors (Lipinski definition) is 1. The predicted molar refractivity (Wildman–Crippen MR) is 108 cm³/mol. The van der Waals surface area contributed by atoms with Gasteiger partial charge in [-0.2, -0.15) is 0 Å². The number of terminal acetylenes is 1. The summed E-state index contributed by atoms with van der Waals surface area (Å²) in [6.45, 7) is 6.30. The second-order valence-electron chi connectivity index (χ2n) is 7.46. The zero-order valence-corrected chi connectivity index (χ0v) is 16.3. The van der Waals surface area contributed by atoms with E-state index >= 15 is 0 Å². The van der Waals surface area contributed by atoms with E-state index in [-0.39, 0.29) is 11.9 Å². The first kappa shape index (κ1) is 19.1. The largest absolute Gasteiger partial charge is 0.371 e. The predicted octanol–water partition coefficient (Wildman–Crippen LogP) is 3.08. The van der Waals surface area contributed by atoms with Crippen molar-refractivity contribution in [2.24, 2.45) is 5.92 Å². The minimum absolute atomic E-state index is 0.0625. The molecule has 3 rings (SSSR count). The highest BCUT2D eigenvalue weighted by Crippen LogP contribution is 2.29. The number of piperidine rings is 1. The van der Waals surface area contributed by atoms with Crippen LogP contribution >= 0.6 is 11.6 Å². The summed E-state index contributed by atoms with van der Waals surface area (Å²) in [5, 5.41) is 3.95. The average Bonchev–Trinajstić information content (AvgIpc) is 3.11. The third-order valence-corrected chi connectivity index (χ3v) is 5.81. The number of carbonyl (C=O) groups excluding carboxylic acids is 1. The van der Waals surface area contributed by atoms with Gasteiger partial charge < -0.3 is 10.2 Å². The smallest absolute Gasteiger partial charge is 0.237 e. The summed E-state index contributed by atoms with van der Waals surface area (Å²) < 4.78 is 0. The number of nitrogens with zero attached hydrogens (tertiary/aromatic N) is 2. The van der Waals surface area contributed by atoms with Crippen molar-refractivity contribution in [3.63, 3.8) is 0 Å². The summed E-state index contributed by atoms with van der Waals surface area (Å²) in [7, 11) is 0. The fraction of sp³-hybridized carbons (Fsp3) is 0.571. The van der Waals surface area contributed by atoms with Crippen LogP contribution in [-0.4, -0.2) is 49.6 Å². The average molecular weight is 374 g/mol. The second-order valence-corrected chi connectivity index (χ2v) is 7.90. The number of anilines is 1. The molecule has 0 spiro atoms. The van der Waals surface area contributed by atoms with E-state index < -0.39 is 0 Å². The van der Waals surface area contributed by atoms with Gasteiger partial charge in [0.25, 0.3) is 0 Å². The van der Waals surface area contributed by atoms with E-state index in [2.05, 4.69) is 34.0 Å². The lowest BCUT2D eigenvalue weighted by molar-refractivity contribution is -0.127. The Balaban J connectivity index is 1.52. The van der Waals surface area contributed by atoms with Gasteiger partial charge in [0, 0.05) is 30.3 Å². The van der Waals surface area contributed by atoms with E-state index in [1.807, 2.05) is 12.1 Å². The summed E-state index contributed by atoms with van der Waals surface area (Å²) in [5.41, 5.74) is 2.45. The van der Waals surface area contributed by atoms with Crippen molar-refractivity contribution in [3.05, 3.63) is 28.8 Å². The molecule has 2 heterocycles. The highest BCUT2D eigenvalue weighted by atomic mass is 35.5. The third-order valence-electron chi connectivity index (χ3n) is 5.57. The topological polar surface area (TPSA) is 35.6 Å². The molecule has 140 valence electrons. The van der Waals surface area contributed by atoms with Gasteiger partial charge in [-0.15, -0.1) is 6.42 Å². The molecule has 5 heteroatoms. The van der Waals surface area contributed by atoms with E-state index in [0.29, 0.717) is 12.5 Å². The number of nitrogens with one attached hydrogen (secondary N) is 1. The van der Waals surface area contributed by atoms with E-state index in [0.717, 1.165) is 56.9 Å². The lowest BCUT2D eigenvalue weighted by atomic mass is 10.0. The Morgan fingerprint density at radius 1 is 1.35 bits per heavy atom. The summed E-state index contributed by atoms with van der Waals surface area (Å²) >= 11 is 6.16. The van der Waals surface area contributed by atoms with Crippen LogP contribution in [0.15, 0.2) is 18.2 Å².